The summed E-state index contributed by atoms with van der Waals surface area (Å²) in [6, 6.07) is 17.2. The largest absolute Gasteiger partial charge is 0.379 e. The molecule has 1 fully saturated rings. The molecule has 154 valence electrons. The summed E-state index contributed by atoms with van der Waals surface area (Å²) >= 11 is 0. The molecule has 0 saturated carbocycles. The van der Waals surface area contributed by atoms with Gasteiger partial charge in [-0.05, 0) is 47.2 Å². The molecule has 9 heteroatoms. The fourth-order valence-corrected chi connectivity index (χ4v) is 3.50. The minimum Gasteiger partial charge on any atom is -0.379 e. The van der Waals surface area contributed by atoms with Crippen LogP contribution in [0.2, 0.25) is 0 Å². The molecule has 9 nitrogen and oxygen atoms in total. The summed E-state index contributed by atoms with van der Waals surface area (Å²) < 4.78 is 7.02. The van der Waals surface area contributed by atoms with Crippen molar-refractivity contribution >= 4 is 11.6 Å². The lowest BCUT2D eigenvalue weighted by molar-refractivity contribution is 0.0285. The smallest absolute Gasteiger partial charge is 0.271 e. The van der Waals surface area contributed by atoms with Crippen LogP contribution in [0.1, 0.15) is 28.9 Å². The van der Waals surface area contributed by atoms with Crippen LogP contribution in [0.5, 0.6) is 0 Å². The maximum atomic E-state index is 12.6. The second kappa shape index (κ2) is 9.38. The fraction of sp³-hybridized carbons (Fsp3) is 0.286. The van der Waals surface area contributed by atoms with Crippen molar-refractivity contribution in [1.29, 1.82) is 0 Å². The predicted molar refractivity (Wildman–Crippen MR) is 111 cm³/mol. The van der Waals surface area contributed by atoms with Crippen LogP contribution in [0.3, 0.4) is 0 Å². The van der Waals surface area contributed by atoms with Crippen LogP contribution in [-0.4, -0.2) is 63.0 Å². The molecule has 4 rings (SSSR count). The highest BCUT2D eigenvalue weighted by atomic mass is 16.5. The summed E-state index contributed by atoms with van der Waals surface area (Å²) in [5, 5.41) is 15.5. The number of aromatic nitrogens is 4. The van der Waals surface area contributed by atoms with Crippen LogP contribution in [0.4, 0.5) is 0 Å². The zero-order chi connectivity index (χ0) is 20.8. The Balaban J connectivity index is 1.48. The summed E-state index contributed by atoms with van der Waals surface area (Å²) in [5.74, 6) is -0.272. The second-order valence-corrected chi connectivity index (χ2v) is 6.96. The van der Waals surface area contributed by atoms with Gasteiger partial charge in [-0.15, -0.1) is 5.10 Å². The average molecular weight is 405 g/mol. The number of morpholine rings is 1. The number of ether oxygens (including phenoxy) is 1. The Morgan fingerprint density at radius 2 is 1.83 bits per heavy atom. The van der Waals surface area contributed by atoms with Gasteiger partial charge in [0.2, 0.25) is 0 Å². The van der Waals surface area contributed by atoms with Crippen LogP contribution < -0.4 is 5.43 Å². The van der Waals surface area contributed by atoms with Crippen LogP contribution >= 0.6 is 0 Å². The summed E-state index contributed by atoms with van der Waals surface area (Å²) in [6.07, 6.45) is 1.50. The van der Waals surface area contributed by atoms with E-state index in [1.807, 2.05) is 25.1 Å². The Morgan fingerprint density at radius 1 is 1.10 bits per heavy atom. The third-order valence-electron chi connectivity index (χ3n) is 5.00. The molecule has 2 aromatic carbocycles. The topological polar surface area (TPSA) is 97.5 Å². The monoisotopic (exact) mass is 405 g/mol. The van der Waals surface area contributed by atoms with Crippen molar-refractivity contribution in [3.8, 4) is 5.69 Å². The van der Waals surface area contributed by atoms with Gasteiger partial charge in [-0.1, -0.05) is 30.3 Å². The Kier molecular flexibility index (Phi) is 6.21. The Bertz CT molecular complexity index is 982. The third-order valence-corrected chi connectivity index (χ3v) is 5.00. The molecule has 1 aliphatic rings. The first-order chi connectivity index (χ1) is 14.7. The second-order valence-electron chi connectivity index (χ2n) is 6.96. The van der Waals surface area contributed by atoms with Crippen molar-refractivity contribution in [3.63, 3.8) is 0 Å². The van der Waals surface area contributed by atoms with Gasteiger partial charge >= 0.3 is 0 Å². The molecule has 2 heterocycles. The Hall–Kier alpha value is -3.43. The third kappa shape index (κ3) is 4.58. The highest BCUT2D eigenvalue weighted by Crippen LogP contribution is 2.23. The summed E-state index contributed by atoms with van der Waals surface area (Å²) in [7, 11) is 0. The molecule has 1 aliphatic heterocycles. The van der Waals surface area contributed by atoms with Gasteiger partial charge in [0, 0.05) is 18.7 Å². The lowest BCUT2D eigenvalue weighted by Crippen LogP contribution is -2.42. The number of hydrogen-bond donors (Lipinski definition) is 1. The van der Waals surface area contributed by atoms with Crippen molar-refractivity contribution in [2.75, 3.05) is 26.3 Å². The molecular weight excluding hydrogens is 382 g/mol. The first-order valence-corrected chi connectivity index (χ1v) is 9.77. The van der Waals surface area contributed by atoms with Gasteiger partial charge < -0.3 is 4.74 Å². The molecule has 3 aromatic rings. The number of hydrogen-bond acceptors (Lipinski definition) is 7. The van der Waals surface area contributed by atoms with E-state index in [1.165, 1.54) is 11.0 Å². The van der Waals surface area contributed by atoms with Gasteiger partial charge in [0.25, 0.3) is 5.91 Å². The number of carbonyl (C=O) groups excluding carboxylic acids is 1. The summed E-state index contributed by atoms with van der Waals surface area (Å²) in [6.45, 7) is 4.96. The van der Waals surface area contributed by atoms with Gasteiger partial charge in [0.1, 0.15) is 6.33 Å². The van der Waals surface area contributed by atoms with Crippen LogP contribution in [-0.2, 0) is 4.74 Å². The maximum absolute atomic E-state index is 12.6. The van der Waals surface area contributed by atoms with E-state index >= 15 is 0 Å². The molecule has 1 amide bonds. The van der Waals surface area contributed by atoms with Crippen molar-refractivity contribution < 1.29 is 9.53 Å². The van der Waals surface area contributed by atoms with E-state index in [1.54, 1.807) is 24.3 Å². The van der Waals surface area contributed by atoms with Crippen LogP contribution in [0.15, 0.2) is 66.0 Å². The minimum absolute atomic E-state index is 0.0161. The number of hydrazone groups is 1. The molecule has 0 aliphatic carbocycles. The van der Waals surface area contributed by atoms with Gasteiger partial charge in [-0.25, -0.2) is 10.1 Å². The number of carbonyl (C=O) groups is 1. The summed E-state index contributed by atoms with van der Waals surface area (Å²) in [5.41, 5.74) is 5.92. The number of rotatable bonds is 6. The molecule has 0 spiro atoms. The van der Waals surface area contributed by atoms with E-state index < -0.39 is 0 Å². The van der Waals surface area contributed by atoms with E-state index in [2.05, 4.69) is 43.1 Å². The fourth-order valence-electron chi connectivity index (χ4n) is 3.50. The van der Waals surface area contributed by atoms with Gasteiger partial charge in [-0.3, -0.25) is 9.69 Å². The van der Waals surface area contributed by atoms with Crippen LogP contribution in [0, 0.1) is 0 Å². The highest BCUT2D eigenvalue weighted by molar-refractivity contribution is 5.96. The maximum Gasteiger partial charge on any atom is 0.271 e. The molecule has 0 radical (unpaired) electrons. The average Bonchev–Trinajstić information content (AvgIpc) is 3.34. The molecule has 0 bridgehead atoms. The van der Waals surface area contributed by atoms with E-state index in [9.17, 15) is 4.79 Å². The van der Waals surface area contributed by atoms with Gasteiger partial charge in [0.15, 0.2) is 0 Å². The molecule has 30 heavy (non-hydrogen) atoms. The number of nitrogens with zero attached hydrogens (tertiary/aromatic N) is 6. The number of tetrazole rings is 1. The number of benzene rings is 2. The van der Waals surface area contributed by atoms with Crippen molar-refractivity contribution in [1.82, 2.24) is 30.5 Å². The van der Waals surface area contributed by atoms with E-state index in [4.69, 9.17) is 4.74 Å². The predicted octanol–water partition coefficient (Wildman–Crippen LogP) is 1.84. The zero-order valence-electron chi connectivity index (χ0n) is 16.7. The lowest BCUT2D eigenvalue weighted by atomic mass is 10.0. The highest BCUT2D eigenvalue weighted by Gasteiger charge is 2.25. The quantitative estimate of drug-likeness (QED) is 0.496. The molecule has 1 N–H and O–H groups in total. The van der Waals surface area contributed by atoms with Gasteiger partial charge in [-0.2, -0.15) is 5.10 Å². The first kappa shape index (κ1) is 19.9. The van der Waals surface area contributed by atoms with Gasteiger partial charge in [0.05, 0.1) is 30.7 Å². The molecule has 0 unspecified atom stereocenters. The van der Waals surface area contributed by atoms with Crippen molar-refractivity contribution in [2.45, 2.75) is 13.0 Å². The molecule has 1 atom stereocenters. The first-order valence-electron chi connectivity index (χ1n) is 9.77. The van der Waals surface area contributed by atoms with E-state index in [0.29, 0.717) is 18.8 Å². The lowest BCUT2D eigenvalue weighted by Gasteiger charge is -2.34. The normalized spacial score (nSPS) is 16.2. The number of nitrogens with one attached hydrogen (secondary N) is 1. The number of amides is 1. The van der Waals surface area contributed by atoms with E-state index in [0.717, 1.165) is 30.1 Å². The zero-order valence-corrected chi connectivity index (χ0v) is 16.7. The van der Waals surface area contributed by atoms with Crippen LogP contribution in [0.25, 0.3) is 5.69 Å². The summed E-state index contributed by atoms with van der Waals surface area (Å²) in [4.78, 5) is 14.9. The van der Waals surface area contributed by atoms with E-state index in [-0.39, 0.29) is 11.9 Å². The molecular formula is C21H23N7O2. The SMILES string of the molecule is C/C(=N/NC(=O)c1ccc(-n2cnnn2)cc1)[C@H](c1ccccc1)N1CCOCC1. The van der Waals surface area contributed by atoms with Crippen molar-refractivity contribution in [3.05, 3.63) is 72.1 Å². The molecule has 1 saturated heterocycles. The Morgan fingerprint density at radius 3 is 2.50 bits per heavy atom. The standard InChI is InChI=1S/C21H23N7O2/c1-16(20(17-5-3-2-4-6-17)27-11-13-30-14-12-27)23-24-21(29)18-7-9-19(10-8-18)28-15-22-25-26-28/h2-10,15,20H,11-14H2,1H3,(H,24,29)/b23-16-/t20-/m1/s1. The Labute approximate surface area is 174 Å². The van der Waals surface area contributed by atoms with Crippen molar-refractivity contribution in [2.24, 2.45) is 5.10 Å². The minimum atomic E-state index is -0.272. The molecule has 1 aromatic heterocycles.